The molecule has 0 atom stereocenters. The van der Waals surface area contributed by atoms with E-state index in [9.17, 15) is 4.79 Å². The quantitative estimate of drug-likeness (QED) is 0.347. The van der Waals surface area contributed by atoms with Gasteiger partial charge in [0.15, 0.2) is 6.61 Å². The number of aliphatic carboxylic acids is 1. The monoisotopic (exact) mass is 501 g/mol. The van der Waals surface area contributed by atoms with Crippen LogP contribution in [0.25, 0.3) is 5.57 Å². The Morgan fingerprint density at radius 2 is 1.75 bits per heavy atom. The molecule has 3 aromatic carbocycles. The Morgan fingerprint density at radius 3 is 2.39 bits per heavy atom. The second-order valence-corrected chi connectivity index (χ2v) is 9.02. The van der Waals surface area contributed by atoms with Crippen LogP contribution in [-0.2, 0) is 4.79 Å². The third-order valence-electron chi connectivity index (χ3n) is 5.68. The van der Waals surface area contributed by atoms with Crippen LogP contribution in [-0.4, -0.2) is 36.9 Å². The Labute approximate surface area is 216 Å². The number of halogens is 1. The lowest BCUT2D eigenvalue weighted by atomic mass is 9.97. The van der Waals surface area contributed by atoms with E-state index in [4.69, 9.17) is 26.2 Å². The molecule has 0 spiro atoms. The first-order valence-electron chi connectivity index (χ1n) is 11.8. The van der Waals surface area contributed by atoms with Crippen LogP contribution in [0, 0.1) is 18.8 Å². The number of carboxylic acids is 1. The maximum Gasteiger partial charge on any atom is 0.341 e. The average molecular weight is 502 g/mol. The van der Waals surface area contributed by atoms with Crippen molar-refractivity contribution in [2.45, 2.75) is 25.8 Å². The third-order valence-corrected chi connectivity index (χ3v) is 5.93. The molecule has 6 heteroatoms. The number of hydrogen-bond donors (Lipinski definition) is 2. The van der Waals surface area contributed by atoms with Crippen LogP contribution in [0.5, 0.6) is 11.5 Å². The van der Waals surface area contributed by atoms with Crippen LogP contribution in [0.1, 0.15) is 35.1 Å². The molecule has 1 saturated carbocycles. The summed E-state index contributed by atoms with van der Waals surface area (Å²) in [6.07, 6.45) is 4.55. The fourth-order valence-corrected chi connectivity index (χ4v) is 3.75. The van der Waals surface area contributed by atoms with Crippen LogP contribution >= 0.6 is 11.6 Å². The first-order chi connectivity index (χ1) is 17.5. The van der Waals surface area contributed by atoms with E-state index >= 15 is 0 Å². The zero-order chi connectivity index (χ0) is 25.3. The highest BCUT2D eigenvalue weighted by molar-refractivity contribution is 6.30. The van der Waals surface area contributed by atoms with Crippen molar-refractivity contribution in [3.8, 4) is 23.3 Å². The number of benzene rings is 3. The zero-order valence-corrected chi connectivity index (χ0v) is 20.8. The predicted octanol–water partition coefficient (Wildman–Crippen LogP) is 5.73. The summed E-state index contributed by atoms with van der Waals surface area (Å²) in [6, 6.07) is 21.9. The maximum atomic E-state index is 10.7. The van der Waals surface area contributed by atoms with E-state index in [1.54, 1.807) is 12.1 Å². The van der Waals surface area contributed by atoms with Crippen LogP contribution in [0.2, 0.25) is 5.02 Å². The first kappa shape index (κ1) is 25.4. The van der Waals surface area contributed by atoms with Crippen LogP contribution in [0.15, 0.2) is 72.8 Å². The van der Waals surface area contributed by atoms with Gasteiger partial charge < -0.3 is 19.9 Å². The number of carboxylic acid groups (broad SMARTS) is 1. The molecular formula is C30H28ClNO4. The summed E-state index contributed by atoms with van der Waals surface area (Å²) in [5, 5.41) is 12.9. The standard InChI is InChI=1S/C30H28ClNO4/c1-21-19-27(14-15-29(21)36-20-30(33)34)35-18-16-28(24-8-10-25(31)11-9-24)23-6-4-22(5-7-23)3-2-17-32-26-12-13-26/h4-11,14-16,19,26,32H,12-13,17-18,20H2,1H3,(H,33,34)/b28-16+. The minimum absolute atomic E-state index is 0.348. The number of rotatable bonds is 10. The van der Waals surface area contributed by atoms with E-state index in [1.807, 2.05) is 55.5 Å². The highest BCUT2D eigenvalue weighted by Gasteiger charge is 2.19. The van der Waals surface area contributed by atoms with E-state index < -0.39 is 5.97 Å². The lowest BCUT2D eigenvalue weighted by Crippen LogP contribution is -2.15. The van der Waals surface area contributed by atoms with Crippen LogP contribution < -0.4 is 14.8 Å². The van der Waals surface area contributed by atoms with Crippen molar-refractivity contribution in [3.63, 3.8) is 0 Å². The van der Waals surface area contributed by atoms with E-state index in [2.05, 4.69) is 29.3 Å². The second-order valence-electron chi connectivity index (χ2n) is 8.58. The summed E-state index contributed by atoms with van der Waals surface area (Å²) in [6.45, 7) is 2.54. The molecule has 0 unspecified atom stereocenters. The third kappa shape index (κ3) is 7.64. The molecule has 0 heterocycles. The lowest BCUT2D eigenvalue weighted by Gasteiger charge is -2.12. The number of ether oxygens (including phenoxy) is 2. The molecule has 2 N–H and O–H groups in total. The van der Waals surface area contributed by atoms with Crippen molar-refractivity contribution < 1.29 is 19.4 Å². The topological polar surface area (TPSA) is 67.8 Å². The van der Waals surface area contributed by atoms with E-state index in [-0.39, 0.29) is 6.61 Å². The van der Waals surface area contributed by atoms with Crippen molar-refractivity contribution in [2.75, 3.05) is 19.8 Å². The van der Waals surface area contributed by atoms with E-state index in [1.165, 1.54) is 12.8 Å². The molecule has 1 fully saturated rings. The number of hydrogen-bond acceptors (Lipinski definition) is 4. The van der Waals surface area contributed by atoms with Crippen molar-refractivity contribution in [1.29, 1.82) is 0 Å². The highest BCUT2D eigenvalue weighted by atomic mass is 35.5. The number of nitrogens with one attached hydrogen (secondary N) is 1. The molecule has 0 aliphatic heterocycles. The Balaban J connectivity index is 1.47. The summed E-state index contributed by atoms with van der Waals surface area (Å²) < 4.78 is 11.3. The molecule has 0 radical (unpaired) electrons. The van der Waals surface area contributed by atoms with Crippen molar-refractivity contribution in [2.24, 2.45) is 0 Å². The molecule has 5 nitrogen and oxygen atoms in total. The maximum absolute atomic E-state index is 10.7. The Kier molecular flexibility index (Phi) is 8.67. The van der Waals surface area contributed by atoms with Gasteiger partial charge in [-0.05, 0) is 90.6 Å². The van der Waals surface area contributed by atoms with Crippen LogP contribution in [0.3, 0.4) is 0 Å². The molecule has 0 amide bonds. The Morgan fingerprint density at radius 1 is 1.06 bits per heavy atom. The van der Waals surface area contributed by atoms with Gasteiger partial charge in [-0.3, -0.25) is 0 Å². The minimum atomic E-state index is -1.01. The summed E-state index contributed by atoms with van der Waals surface area (Å²) in [5.74, 6) is 6.58. The van der Waals surface area contributed by atoms with Crippen molar-refractivity contribution in [1.82, 2.24) is 5.32 Å². The lowest BCUT2D eigenvalue weighted by molar-refractivity contribution is -0.139. The van der Waals surface area contributed by atoms with Crippen molar-refractivity contribution >= 4 is 23.1 Å². The molecule has 36 heavy (non-hydrogen) atoms. The SMILES string of the molecule is Cc1cc(OC/C=C(/c2ccc(Cl)cc2)c2ccc(C#CCNC3CC3)cc2)ccc1OCC(=O)O. The van der Waals surface area contributed by atoms with Gasteiger partial charge in [-0.15, -0.1) is 0 Å². The molecular weight excluding hydrogens is 474 g/mol. The first-order valence-corrected chi connectivity index (χ1v) is 12.2. The molecule has 1 aliphatic carbocycles. The Hall–Kier alpha value is -3.72. The number of aryl methyl sites for hydroxylation is 1. The Bertz CT molecular complexity index is 1280. The van der Waals surface area contributed by atoms with Gasteiger partial charge in [0.2, 0.25) is 0 Å². The van der Waals surface area contributed by atoms with E-state index in [0.29, 0.717) is 35.7 Å². The van der Waals surface area contributed by atoms with Gasteiger partial charge >= 0.3 is 5.97 Å². The van der Waals surface area contributed by atoms with E-state index in [0.717, 1.165) is 27.8 Å². The van der Waals surface area contributed by atoms with Crippen molar-refractivity contribution in [3.05, 3.63) is 100 Å². The van der Waals surface area contributed by atoms with Gasteiger partial charge in [-0.25, -0.2) is 4.79 Å². The highest BCUT2D eigenvalue weighted by Crippen LogP contribution is 2.27. The smallest absolute Gasteiger partial charge is 0.341 e. The van der Waals surface area contributed by atoms with Gasteiger partial charge in [0, 0.05) is 16.6 Å². The van der Waals surface area contributed by atoms with Gasteiger partial charge in [0.25, 0.3) is 0 Å². The average Bonchev–Trinajstić information content (AvgIpc) is 3.70. The molecule has 1 aliphatic rings. The zero-order valence-electron chi connectivity index (χ0n) is 20.1. The van der Waals surface area contributed by atoms with Gasteiger partial charge in [0.05, 0.1) is 6.54 Å². The summed E-state index contributed by atoms with van der Waals surface area (Å²) in [4.78, 5) is 10.7. The molecule has 0 aromatic heterocycles. The summed E-state index contributed by atoms with van der Waals surface area (Å²) in [7, 11) is 0. The summed E-state index contributed by atoms with van der Waals surface area (Å²) in [5.41, 5.74) is 4.89. The molecule has 0 saturated heterocycles. The number of carbonyl (C=O) groups is 1. The summed E-state index contributed by atoms with van der Waals surface area (Å²) >= 11 is 6.11. The molecule has 4 rings (SSSR count). The predicted molar refractivity (Wildman–Crippen MR) is 143 cm³/mol. The second kappa shape index (κ2) is 12.3. The fraction of sp³-hybridized carbons (Fsp3) is 0.233. The minimum Gasteiger partial charge on any atom is -0.489 e. The molecule has 184 valence electrons. The van der Waals surface area contributed by atoms with Crippen LogP contribution in [0.4, 0.5) is 0 Å². The normalized spacial score (nSPS) is 13.0. The van der Waals surface area contributed by atoms with Gasteiger partial charge in [-0.2, -0.15) is 0 Å². The van der Waals surface area contributed by atoms with Gasteiger partial charge in [-0.1, -0.05) is 47.7 Å². The van der Waals surface area contributed by atoms with Gasteiger partial charge in [0.1, 0.15) is 18.1 Å². The molecule has 0 bridgehead atoms. The largest absolute Gasteiger partial charge is 0.489 e. The fourth-order valence-electron chi connectivity index (χ4n) is 3.63. The molecule has 3 aromatic rings.